The molecule has 0 bridgehead atoms. The summed E-state index contributed by atoms with van der Waals surface area (Å²) in [4.78, 5) is 11.4. The normalized spacial score (nSPS) is 17.5. The first-order chi connectivity index (χ1) is 13.4. The van der Waals surface area contributed by atoms with Crippen molar-refractivity contribution in [3.63, 3.8) is 0 Å². The van der Waals surface area contributed by atoms with E-state index in [1.165, 1.54) is 29.4 Å². The molecule has 0 saturated heterocycles. The minimum Gasteiger partial charge on any atom is -0.500 e. The fraction of sp³-hybridized carbons (Fsp3) is 0.435. The molecule has 5 heteroatoms. The highest BCUT2D eigenvalue weighted by Gasteiger charge is 2.25. The summed E-state index contributed by atoms with van der Waals surface area (Å²) in [6.45, 7) is 4.36. The molecule has 150 valence electrons. The molecular formula is C23H29NO3S. The van der Waals surface area contributed by atoms with E-state index in [4.69, 9.17) is 9.47 Å². The van der Waals surface area contributed by atoms with Crippen molar-refractivity contribution in [3.05, 3.63) is 53.3 Å². The lowest BCUT2D eigenvalue weighted by Crippen LogP contribution is -2.32. The maximum Gasteiger partial charge on any atom is 0.306 e. The fourth-order valence-electron chi connectivity index (χ4n) is 3.65. The highest BCUT2D eigenvalue weighted by atomic mass is 32.2. The Morgan fingerprint density at radius 3 is 2.86 bits per heavy atom. The predicted octanol–water partition coefficient (Wildman–Crippen LogP) is 5.28. The monoisotopic (exact) mass is 399 g/mol. The molecule has 0 fully saturated rings. The molecule has 3 rings (SSSR count). The van der Waals surface area contributed by atoms with Crippen LogP contribution >= 0.6 is 11.8 Å². The molecule has 0 aromatic heterocycles. The number of carbonyl (C=O) groups excluding carboxylic acids is 1. The van der Waals surface area contributed by atoms with Crippen LogP contribution in [0.3, 0.4) is 0 Å². The van der Waals surface area contributed by atoms with Gasteiger partial charge in [0.2, 0.25) is 0 Å². The zero-order valence-electron chi connectivity index (χ0n) is 17.1. The van der Waals surface area contributed by atoms with Crippen LogP contribution in [-0.4, -0.2) is 37.2 Å². The quantitative estimate of drug-likeness (QED) is 0.499. The van der Waals surface area contributed by atoms with Crippen molar-refractivity contribution in [2.45, 2.75) is 38.6 Å². The molecular weight excluding hydrogens is 370 g/mol. The molecule has 0 amide bonds. The number of carbonyl (C=O) groups is 1. The zero-order chi connectivity index (χ0) is 20.1. The summed E-state index contributed by atoms with van der Waals surface area (Å²) in [5.41, 5.74) is 5.92. The van der Waals surface area contributed by atoms with E-state index in [9.17, 15) is 4.79 Å². The van der Waals surface area contributed by atoms with Crippen molar-refractivity contribution < 1.29 is 14.3 Å². The van der Waals surface area contributed by atoms with Gasteiger partial charge >= 0.3 is 5.97 Å². The third kappa shape index (κ3) is 4.82. The number of fused-ring (bicyclic) bond motifs is 1. The number of allylic oxidation sites excluding steroid dienone is 4. The first-order valence-electron chi connectivity index (χ1n) is 9.66. The highest BCUT2D eigenvalue weighted by molar-refractivity contribution is 7.99. The van der Waals surface area contributed by atoms with Crippen LogP contribution in [0.25, 0.3) is 11.1 Å². The van der Waals surface area contributed by atoms with Crippen LogP contribution in [0.1, 0.15) is 44.2 Å². The maximum atomic E-state index is 11.4. The van der Waals surface area contributed by atoms with E-state index in [1.54, 1.807) is 18.9 Å². The van der Waals surface area contributed by atoms with E-state index in [0.29, 0.717) is 6.42 Å². The van der Waals surface area contributed by atoms with E-state index in [1.807, 2.05) is 0 Å². The Morgan fingerprint density at radius 2 is 2.11 bits per heavy atom. The lowest BCUT2D eigenvalue weighted by atomic mass is 9.88. The predicted molar refractivity (Wildman–Crippen MR) is 118 cm³/mol. The summed E-state index contributed by atoms with van der Waals surface area (Å²) < 4.78 is 10.4. The van der Waals surface area contributed by atoms with Gasteiger partial charge in [0.1, 0.15) is 5.76 Å². The number of hydrogen-bond acceptors (Lipinski definition) is 5. The number of rotatable bonds is 7. The number of hydrogen-bond donors (Lipinski definition) is 1. The zero-order valence-corrected chi connectivity index (χ0v) is 17.9. The minimum atomic E-state index is -0.155. The van der Waals surface area contributed by atoms with Crippen molar-refractivity contribution in [1.29, 1.82) is 0 Å². The van der Waals surface area contributed by atoms with Crippen molar-refractivity contribution in [2.75, 3.05) is 31.0 Å². The average molecular weight is 400 g/mol. The molecule has 1 heterocycles. The van der Waals surface area contributed by atoms with Gasteiger partial charge in [0.25, 0.3) is 0 Å². The SMILES string of the molecule is COC(=O)CCSCC1=CC(C)(C)Nc2ccc(C3=C(OC)CCC=C3)cc21. The second kappa shape index (κ2) is 8.91. The average Bonchev–Trinajstić information content (AvgIpc) is 2.69. The van der Waals surface area contributed by atoms with Crippen LogP contribution in [0.4, 0.5) is 5.69 Å². The molecule has 0 unspecified atom stereocenters. The molecule has 1 aromatic rings. The fourth-order valence-corrected chi connectivity index (χ4v) is 4.57. The Labute approximate surface area is 172 Å². The van der Waals surface area contributed by atoms with Gasteiger partial charge in [-0.2, -0.15) is 11.8 Å². The van der Waals surface area contributed by atoms with Gasteiger partial charge in [0, 0.05) is 34.8 Å². The summed E-state index contributed by atoms with van der Waals surface area (Å²) >= 11 is 1.77. The van der Waals surface area contributed by atoms with Crippen LogP contribution in [0.5, 0.6) is 0 Å². The molecule has 0 atom stereocenters. The topological polar surface area (TPSA) is 47.6 Å². The van der Waals surface area contributed by atoms with E-state index in [0.717, 1.165) is 35.8 Å². The van der Waals surface area contributed by atoms with Gasteiger partial charge in [-0.3, -0.25) is 4.79 Å². The summed E-state index contributed by atoms with van der Waals surface area (Å²) in [5, 5.41) is 3.61. The van der Waals surface area contributed by atoms with E-state index in [-0.39, 0.29) is 11.5 Å². The standard InChI is InChI=1S/C23H29NO3S/c1-23(2)14-17(15-28-12-11-22(25)27-4)19-13-16(9-10-20(19)24-23)18-7-5-6-8-21(18)26-3/h5,7,9-10,13-14,24H,6,8,11-12,15H2,1-4H3. The molecule has 4 nitrogen and oxygen atoms in total. The Kier molecular flexibility index (Phi) is 6.55. The maximum absolute atomic E-state index is 11.4. The van der Waals surface area contributed by atoms with Crippen molar-refractivity contribution in [2.24, 2.45) is 0 Å². The molecule has 1 N–H and O–H groups in total. The number of benzene rings is 1. The third-order valence-corrected chi connectivity index (χ3v) is 5.98. The summed E-state index contributed by atoms with van der Waals surface area (Å²) in [7, 11) is 3.19. The number of thioether (sulfide) groups is 1. The summed E-state index contributed by atoms with van der Waals surface area (Å²) in [6.07, 6.45) is 9.08. The van der Waals surface area contributed by atoms with Gasteiger partial charge < -0.3 is 14.8 Å². The van der Waals surface area contributed by atoms with Gasteiger partial charge in [-0.25, -0.2) is 0 Å². The number of anilines is 1. The van der Waals surface area contributed by atoms with Crippen molar-refractivity contribution >= 4 is 34.6 Å². The third-order valence-electron chi connectivity index (χ3n) is 4.97. The molecule has 0 radical (unpaired) electrons. The van der Waals surface area contributed by atoms with Crippen LogP contribution in [0, 0.1) is 0 Å². The largest absolute Gasteiger partial charge is 0.500 e. The van der Waals surface area contributed by atoms with E-state index < -0.39 is 0 Å². The second-order valence-corrected chi connectivity index (χ2v) is 8.74. The molecule has 1 aliphatic heterocycles. The van der Waals surface area contributed by atoms with Crippen LogP contribution < -0.4 is 5.32 Å². The molecule has 0 saturated carbocycles. The van der Waals surface area contributed by atoms with Crippen molar-refractivity contribution in [1.82, 2.24) is 0 Å². The number of nitrogens with one attached hydrogen (secondary N) is 1. The first kappa shape index (κ1) is 20.6. The highest BCUT2D eigenvalue weighted by Crippen LogP contribution is 2.38. The van der Waals surface area contributed by atoms with Gasteiger partial charge in [-0.05, 0) is 43.5 Å². The molecule has 0 spiro atoms. The Morgan fingerprint density at radius 1 is 1.29 bits per heavy atom. The smallest absolute Gasteiger partial charge is 0.306 e. The van der Waals surface area contributed by atoms with Crippen LogP contribution in [-0.2, 0) is 14.3 Å². The van der Waals surface area contributed by atoms with Gasteiger partial charge in [-0.1, -0.05) is 24.3 Å². The van der Waals surface area contributed by atoms with Crippen LogP contribution in [0.15, 0.2) is 42.2 Å². The number of ether oxygens (including phenoxy) is 2. The van der Waals surface area contributed by atoms with Gasteiger partial charge in [0.15, 0.2) is 0 Å². The lowest BCUT2D eigenvalue weighted by Gasteiger charge is -2.33. The van der Waals surface area contributed by atoms with Crippen molar-refractivity contribution in [3.8, 4) is 0 Å². The van der Waals surface area contributed by atoms with E-state index in [2.05, 4.69) is 55.6 Å². The van der Waals surface area contributed by atoms with Gasteiger partial charge in [0.05, 0.1) is 26.2 Å². The summed E-state index contributed by atoms with van der Waals surface area (Å²) in [6, 6.07) is 6.59. The molecule has 1 aliphatic carbocycles. The Hall–Kier alpha value is -2.14. The Balaban J connectivity index is 1.86. The minimum absolute atomic E-state index is 0.103. The number of methoxy groups -OCH3 is 2. The van der Waals surface area contributed by atoms with Crippen LogP contribution in [0.2, 0.25) is 0 Å². The first-order valence-corrected chi connectivity index (χ1v) is 10.8. The van der Waals surface area contributed by atoms with E-state index >= 15 is 0 Å². The lowest BCUT2D eigenvalue weighted by molar-refractivity contribution is -0.140. The second-order valence-electron chi connectivity index (χ2n) is 7.64. The molecule has 2 aliphatic rings. The Bertz CT molecular complexity index is 836. The summed E-state index contributed by atoms with van der Waals surface area (Å²) in [5.74, 6) is 2.52. The molecule has 1 aromatic carbocycles. The molecule has 28 heavy (non-hydrogen) atoms. The number of esters is 1. The van der Waals surface area contributed by atoms with Gasteiger partial charge in [-0.15, -0.1) is 0 Å².